The molecule has 0 fully saturated rings. The molecular weight excluding hydrogens is 517 g/mol. The minimum Gasteiger partial charge on any atom is -1.00 e. The summed E-state index contributed by atoms with van der Waals surface area (Å²) >= 11 is 0. The molecule has 157 valence electrons. The first-order valence-electron chi connectivity index (χ1n) is 10.2. The van der Waals surface area contributed by atoms with Crippen molar-refractivity contribution in [2.75, 3.05) is 0 Å². The van der Waals surface area contributed by atoms with E-state index in [2.05, 4.69) is 100 Å². The van der Waals surface area contributed by atoms with E-state index in [0.29, 0.717) is 0 Å². The van der Waals surface area contributed by atoms with Crippen molar-refractivity contribution in [3.63, 3.8) is 0 Å². The molecule has 1 heterocycles. The molecule has 31 heavy (non-hydrogen) atoms. The smallest absolute Gasteiger partial charge is 1.00 e. The molecule has 0 saturated carbocycles. The third-order valence-electron chi connectivity index (χ3n) is 5.99. The van der Waals surface area contributed by atoms with Crippen LogP contribution in [-0.4, -0.2) is 0 Å². The summed E-state index contributed by atoms with van der Waals surface area (Å²) in [5, 5.41) is 7.51. The van der Waals surface area contributed by atoms with E-state index >= 15 is 0 Å². The number of benzene rings is 3. The molecule has 0 aliphatic rings. The van der Waals surface area contributed by atoms with Gasteiger partial charge in [-0.15, -0.1) is 41.1 Å². The summed E-state index contributed by atoms with van der Waals surface area (Å²) in [5.41, 5.74) is 5.95. The first kappa shape index (κ1) is 26.3. The van der Waals surface area contributed by atoms with Crippen LogP contribution in [0.25, 0.3) is 37.4 Å². The van der Waals surface area contributed by atoms with E-state index in [1.807, 2.05) is 0 Å². The number of halogens is 2. The molecule has 1 aromatic heterocycles. The monoisotopic (exact) mass is 541 g/mol. The molecule has 4 aromatic carbocycles. The maximum absolute atomic E-state index is 2.43. The number of hydrogen-bond donors (Lipinski definition) is 0. The van der Waals surface area contributed by atoms with Crippen LogP contribution in [0, 0.1) is 0 Å². The molecule has 0 amide bonds. The van der Waals surface area contributed by atoms with Crippen LogP contribution in [0.2, 0.25) is 0 Å². The van der Waals surface area contributed by atoms with Crippen LogP contribution in [0.5, 0.6) is 0 Å². The topological polar surface area (TPSA) is 0 Å². The summed E-state index contributed by atoms with van der Waals surface area (Å²) in [4.78, 5) is 0. The van der Waals surface area contributed by atoms with E-state index in [-0.39, 0.29) is 56.4 Å². The zero-order valence-corrected chi connectivity index (χ0v) is 23.2. The fourth-order valence-corrected chi connectivity index (χ4v) is 7.42. The Kier molecular flexibility index (Phi) is 8.39. The molecule has 0 spiro atoms. The predicted octanol–water partition coefficient (Wildman–Crippen LogP) is 2.66. The Labute approximate surface area is 218 Å². The molecule has 1 radical (unpaired) electrons. The van der Waals surface area contributed by atoms with Gasteiger partial charge in [0.25, 0.3) is 0 Å². The van der Waals surface area contributed by atoms with Crippen LogP contribution in [0.4, 0.5) is 0 Å². The van der Waals surface area contributed by atoms with Crippen molar-refractivity contribution in [2.45, 2.75) is 39.5 Å². The molecule has 0 saturated heterocycles. The van der Waals surface area contributed by atoms with Crippen molar-refractivity contribution in [1.29, 1.82) is 0 Å². The first-order valence-corrected chi connectivity index (χ1v) is 11.5. The normalized spacial score (nSPS) is 11.8. The minimum atomic E-state index is -0.457. The quantitative estimate of drug-likeness (QED) is 0.307. The summed E-state index contributed by atoms with van der Waals surface area (Å²) < 4.78 is 0. The van der Waals surface area contributed by atoms with Gasteiger partial charge in [0.15, 0.2) is 0 Å². The Balaban J connectivity index is 0.00000114. The summed E-state index contributed by atoms with van der Waals surface area (Å²) in [5.74, 6) is 0. The second kappa shape index (κ2) is 9.89. The molecule has 2 bridgehead atoms. The van der Waals surface area contributed by atoms with Gasteiger partial charge in [-0.2, -0.15) is 0 Å². The number of aryl methyl sites for hydroxylation is 1. The van der Waals surface area contributed by atoms with Gasteiger partial charge in [0.2, 0.25) is 0 Å². The zero-order chi connectivity index (χ0) is 19.5. The van der Waals surface area contributed by atoms with Crippen molar-refractivity contribution >= 4 is 28.5 Å². The van der Waals surface area contributed by atoms with Crippen LogP contribution in [0.15, 0.2) is 72.8 Å². The van der Waals surface area contributed by atoms with Gasteiger partial charge in [-0.25, -0.2) is 0 Å². The van der Waals surface area contributed by atoms with Crippen molar-refractivity contribution in [3.8, 4) is 16.4 Å². The largest absolute Gasteiger partial charge is 3.00 e. The Morgan fingerprint density at radius 1 is 0.839 bits per heavy atom. The van der Waals surface area contributed by atoms with Crippen LogP contribution >= 0.6 is 7.53 Å². The van der Waals surface area contributed by atoms with Crippen LogP contribution < -0.4 is 24.8 Å². The summed E-state index contributed by atoms with van der Waals surface area (Å²) in [6.45, 7) is 9.14. The van der Waals surface area contributed by atoms with Crippen LogP contribution in [-0.2, 0) is 38.0 Å². The van der Waals surface area contributed by atoms with Gasteiger partial charge in [-0.05, 0) is 33.4 Å². The molecular formula is C27H26Cl2PZr. The molecule has 5 aromatic rings. The third kappa shape index (κ3) is 4.33. The molecule has 1 unspecified atom stereocenters. The van der Waals surface area contributed by atoms with E-state index in [1.165, 1.54) is 43.4 Å². The van der Waals surface area contributed by atoms with Gasteiger partial charge < -0.3 is 24.8 Å². The molecule has 4 heteroatoms. The number of hydrogen-bond acceptors (Lipinski definition) is 0. The third-order valence-corrected chi connectivity index (χ3v) is 8.61. The van der Waals surface area contributed by atoms with E-state index < -0.39 is 7.53 Å². The molecule has 0 aliphatic heterocycles. The van der Waals surface area contributed by atoms with Gasteiger partial charge in [0, 0.05) is 0 Å². The Morgan fingerprint density at radius 2 is 1.48 bits per heavy atom. The number of rotatable bonds is 3. The average molecular weight is 544 g/mol. The van der Waals surface area contributed by atoms with Gasteiger partial charge in [0.1, 0.15) is 0 Å². The SMILES string of the molecule is CCc1[cH-]c2ccc3c(-c4ccc(C(C)(C)C)cc4)c2c1p3-c1ccccc1.[Cl-].[Cl-].[Zr+3]. The predicted molar refractivity (Wildman–Crippen MR) is 126 cm³/mol. The molecule has 0 aliphatic carbocycles. The van der Waals surface area contributed by atoms with Gasteiger partial charge in [-0.1, -0.05) is 93.9 Å². The molecule has 1 atom stereocenters. The van der Waals surface area contributed by atoms with Crippen molar-refractivity contribution in [3.05, 3.63) is 83.9 Å². The van der Waals surface area contributed by atoms with Crippen molar-refractivity contribution < 1.29 is 51.0 Å². The Morgan fingerprint density at radius 3 is 2.06 bits per heavy atom. The van der Waals surface area contributed by atoms with Gasteiger partial charge in [-0.3, -0.25) is 0 Å². The first-order chi connectivity index (χ1) is 13.5. The number of fused-ring (bicyclic) bond motifs is 1. The van der Waals surface area contributed by atoms with E-state index in [4.69, 9.17) is 0 Å². The minimum absolute atomic E-state index is 0. The summed E-state index contributed by atoms with van der Waals surface area (Å²) in [6.07, 6.45) is 1.10. The van der Waals surface area contributed by atoms with Crippen LogP contribution in [0.3, 0.4) is 0 Å². The van der Waals surface area contributed by atoms with E-state index in [1.54, 1.807) is 5.12 Å². The zero-order valence-electron chi connectivity index (χ0n) is 18.3. The van der Waals surface area contributed by atoms with Crippen molar-refractivity contribution in [1.82, 2.24) is 0 Å². The van der Waals surface area contributed by atoms with Crippen LogP contribution in [0.1, 0.15) is 38.8 Å². The second-order valence-electron chi connectivity index (χ2n) is 8.79. The van der Waals surface area contributed by atoms with Crippen molar-refractivity contribution in [2.24, 2.45) is 0 Å². The standard InChI is InChI=1S/C27H26P.2ClH.Zr/c1-5-18-17-20-13-16-23-24(19-11-14-21(15-12-19)27(2,3)4)25(20)26(18)28(23)22-9-7-6-8-10-22;;;/h6-17H,5H2,1-4H3;2*1H;/q-1;;;+3/p-2. The maximum atomic E-state index is 2.43. The van der Waals surface area contributed by atoms with Gasteiger partial charge in [0.05, 0.1) is 0 Å². The van der Waals surface area contributed by atoms with Gasteiger partial charge >= 0.3 is 26.2 Å². The maximum Gasteiger partial charge on any atom is 3.00 e. The summed E-state index contributed by atoms with van der Waals surface area (Å²) in [7, 11) is -0.457. The second-order valence-corrected chi connectivity index (χ2v) is 10.9. The fourth-order valence-electron chi connectivity index (χ4n) is 4.51. The Bertz CT molecular complexity index is 1260. The molecule has 5 rings (SSSR count). The molecule has 0 N–H and O–H groups in total. The van der Waals surface area contributed by atoms with E-state index in [0.717, 1.165) is 6.42 Å². The summed E-state index contributed by atoms with van der Waals surface area (Å²) in [6, 6.07) is 27.6. The van der Waals surface area contributed by atoms with E-state index in [9.17, 15) is 0 Å². The fraction of sp³-hybridized carbons (Fsp3) is 0.222. The molecule has 0 nitrogen and oxygen atoms in total. The Hall–Kier alpha value is -0.967. The average Bonchev–Trinajstić information content (AvgIpc) is 3.17.